The summed E-state index contributed by atoms with van der Waals surface area (Å²) in [7, 11) is 0. The van der Waals surface area contributed by atoms with Gasteiger partial charge in [0.25, 0.3) is 0 Å². The average molecular weight is 355 g/mol. The van der Waals surface area contributed by atoms with E-state index in [1.165, 1.54) is 43.1 Å². The lowest BCUT2D eigenvalue weighted by molar-refractivity contribution is 0.236. The van der Waals surface area contributed by atoms with Crippen LogP contribution in [0.4, 0.5) is 9.59 Å². The first-order valence-electron chi connectivity index (χ1n) is 8.46. The summed E-state index contributed by atoms with van der Waals surface area (Å²) in [5.41, 5.74) is 8.88. The molecule has 0 aliphatic rings. The maximum Gasteiger partial charge on any atom is 0.320 e. The number of nitrogens with one attached hydrogen (secondary N) is 1. The van der Waals surface area contributed by atoms with Gasteiger partial charge in [0.05, 0.1) is 0 Å². The van der Waals surface area contributed by atoms with E-state index >= 15 is 0 Å². The van der Waals surface area contributed by atoms with Gasteiger partial charge in [-0.3, -0.25) is 5.32 Å². The zero-order valence-electron chi connectivity index (χ0n) is 14.4. The molecule has 5 rings (SSSR count). The number of carbonyl (C=O) groups excluding carboxylic acids is 2. The van der Waals surface area contributed by atoms with E-state index in [1.807, 2.05) is 0 Å². The van der Waals surface area contributed by atoms with E-state index in [-0.39, 0.29) is 0 Å². The Hall–Kier alpha value is -3.86. The van der Waals surface area contributed by atoms with Gasteiger partial charge in [-0.15, -0.1) is 0 Å². The lowest BCUT2D eigenvalue weighted by Crippen LogP contribution is -2.38. The largest absolute Gasteiger partial charge is 0.351 e. The summed E-state index contributed by atoms with van der Waals surface area (Å²) >= 11 is 0. The topological polar surface area (TPSA) is 98.2 Å². The molecule has 0 atom stereocenters. The van der Waals surface area contributed by atoms with E-state index in [1.54, 1.807) is 5.32 Å². The van der Waals surface area contributed by atoms with Crippen LogP contribution in [0.15, 0.2) is 72.8 Å². The van der Waals surface area contributed by atoms with Crippen LogP contribution >= 0.6 is 0 Å². The van der Waals surface area contributed by atoms with Crippen molar-refractivity contribution >= 4 is 55.2 Å². The Morgan fingerprint density at radius 1 is 0.556 bits per heavy atom. The minimum Gasteiger partial charge on any atom is -0.351 e. The number of amides is 4. The second-order valence-corrected chi connectivity index (χ2v) is 6.27. The molecule has 0 heterocycles. The molecule has 0 unspecified atom stereocenters. The smallest absolute Gasteiger partial charge is 0.320 e. The van der Waals surface area contributed by atoms with Crippen LogP contribution in [0.3, 0.4) is 0 Å². The molecule has 0 aliphatic heterocycles. The lowest BCUT2D eigenvalue weighted by atomic mass is 9.90. The molecule has 5 heteroatoms. The van der Waals surface area contributed by atoms with E-state index < -0.39 is 12.1 Å². The van der Waals surface area contributed by atoms with Gasteiger partial charge in [0.15, 0.2) is 0 Å². The average Bonchev–Trinajstić information content (AvgIpc) is 2.65. The molecule has 0 spiro atoms. The predicted octanol–water partition coefficient (Wildman–Crippen LogP) is 4.47. The Morgan fingerprint density at radius 3 is 1.07 bits per heavy atom. The fourth-order valence-electron chi connectivity index (χ4n) is 3.70. The normalized spacial score (nSPS) is 10.8. The summed E-state index contributed by atoms with van der Waals surface area (Å²) in [6.45, 7) is 0. The molecule has 5 N–H and O–H groups in total. The highest BCUT2D eigenvalue weighted by Crippen LogP contribution is 2.39. The minimum absolute atomic E-state index is 0.937. The third kappa shape index (κ3) is 2.85. The van der Waals surface area contributed by atoms with Crippen LogP contribution in [0.5, 0.6) is 0 Å². The third-order valence-corrected chi connectivity index (χ3v) is 4.64. The molecule has 5 aromatic rings. The molecule has 5 aromatic carbocycles. The Labute approximate surface area is 154 Å². The first-order chi connectivity index (χ1) is 13.1. The molecule has 0 bridgehead atoms. The van der Waals surface area contributed by atoms with Crippen molar-refractivity contribution in [2.75, 3.05) is 0 Å². The maximum absolute atomic E-state index is 9.62. The highest BCUT2D eigenvalue weighted by molar-refractivity contribution is 6.32. The van der Waals surface area contributed by atoms with Crippen LogP contribution in [-0.2, 0) is 0 Å². The van der Waals surface area contributed by atoms with E-state index in [0.717, 1.165) is 0 Å². The predicted molar refractivity (Wildman–Crippen MR) is 110 cm³/mol. The summed E-state index contributed by atoms with van der Waals surface area (Å²) in [6, 6.07) is 24.6. The monoisotopic (exact) mass is 355 g/mol. The van der Waals surface area contributed by atoms with Gasteiger partial charge >= 0.3 is 12.1 Å². The number of urea groups is 2. The molecule has 4 amide bonds. The van der Waals surface area contributed by atoms with Crippen LogP contribution in [0.2, 0.25) is 0 Å². The number of fused-ring (bicyclic) bond motifs is 2. The SMILES string of the molecule is NC(=O)NC(N)=O.c1cc2cccc3c4cccc5cccc(c(c1)c23)c54. The van der Waals surface area contributed by atoms with Gasteiger partial charge in [0.1, 0.15) is 0 Å². The van der Waals surface area contributed by atoms with Gasteiger partial charge in [-0.25, -0.2) is 9.59 Å². The third-order valence-electron chi connectivity index (χ3n) is 4.64. The summed E-state index contributed by atoms with van der Waals surface area (Å²) in [6.07, 6.45) is 0. The van der Waals surface area contributed by atoms with Crippen molar-refractivity contribution in [3.05, 3.63) is 72.8 Å². The van der Waals surface area contributed by atoms with Crippen LogP contribution in [0.1, 0.15) is 0 Å². The van der Waals surface area contributed by atoms with E-state index in [9.17, 15) is 9.59 Å². The molecule has 27 heavy (non-hydrogen) atoms. The van der Waals surface area contributed by atoms with Gasteiger partial charge < -0.3 is 11.5 Å². The Morgan fingerprint density at radius 2 is 0.852 bits per heavy atom. The first kappa shape index (κ1) is 16.6. The molecule has 0 aromatic heterocycles. The van der Waals surface area contributed by atoms with Gasteiger partial charge in [-0.05, 0) is 43.1 Å². The zero-order chi connectivity index (χ0) is 19.0. The Bertz CT molecular complexity index is 1130. The first-order valence-corrected chi connectivity index (χ1v) is 8.46. The van der Waals surface area contributed by atoms with Gasteiger partial charge in [0.2, 0.25) is 0 Å². The molecule has 0 fully saturated rings. The number of imide groups is 1. The second kappa shape index (κ2) is 6.46. The van der Waals surface area contributed by atoms with Crippen molar-refractivity contribution in [1.82, 2.24) is 5.32 Å². The van der Waals surface area contributed by atoms with E-state index in [0.29, 0.717) is 0 Å². The van der Waals surface area contributed by atoms with Gasteiger partial charge in [0, 0.05) is 0 Å². The van der Waals surface area contributed by atoms with E-state index in [2.05, 4.69) is 84.3 Å². The number of primary amides is 2. The standard InChI is InChI=1S/C20H12.C2H5N3O2/c1-5-13-6-2-11-17-18-12-4-8-14-7-3-10-16(20(14)18)15(9-1)19(13)17;3-1(6)5-2(4)7/h1-12H;(H5,3,4,5,6,7). The molecule has 132 valence electrons. The molecule has 0 saturated heterocycles. The lowest BCUT2D eigenvalue weighted by Gasteiger charge is -2.13. The molecular formula is C22H17N3O2. The number of hydrogen-bond acceptors (Lipinski definition) is 2. The van der Waals surface area contributed by atoms with Crippen molar-refractivity contribution < 1.29 is 9.59 Å². The maximum atomic E-state index is 9.62. The number of nitrogens with two attached hydrogens (primary N) is 2. The fourth-order valence-corrected chi connectivity index (χ4v) is 3.70. The number of benzene rings is 5. The van der Waals surface area contributed by atoms with Crippen molar-refractivity contribution in [2.45, 2.75) is 0 Å². The van der Waals surface area contributed by atoms with Crippen molar-refractivity contribution in [3.63, 3.8) is 0 Å². The summed E-state index contributed by atoms with van der Waals surface area (Å²) in [5, 5.41) is 12.5. The number of hydrogen-bond donors (Lipinski definition) is 3. The molecule has 0 radical (unpaired) electrons. The van der Waals surface area contributed by atoms with Crippen molar-refractivity contribution in [3.8, 4) is 0 Å². The Kier molecular flexibility index (Phi) is 3.97. The highest BCUT2D eigenvalue weighted by atomic mass is 16.2. The van der Waals surface area contributed by atoms with Crippen molar-refractivity contribution in [1.29, 1.82) is 0 Å². The van der Waals surface area contributed by atoms with Crippen LogP contribution < -0.4 is 16.8 Å². The van der Waals surface area contributed by atoms with E-state index in [4.69, 9.17) is 0 Å². The summed E-state index contributed by atoms with van der Waals surface area (Å²) in [4.78, 5) is 19.2. The number of rotatable bonds is 0. The quantitative estimate of drug-likeness (QED) is 0.282. The Balaban J connectivity index is 0.000000224. The van der Waals surface area contributed by atoms with Crippen LogP contribution in [-0.4, -0.2) is 12.1 Å². The van der Waals surface area contributed by atoms with Gasteiger partial charge in [-0.2, -0.15) is 0 Å². The zero-order valence-corrected chi connectivity index (χ0v) is 14.4. The minimum atomic E-state index is -0.938. The molecule has 5 nitrogen and oxygen atoms in total. The highest BCUT2D eigenvalue weighted by Gasteiger charge is 2.11. The summed E-state index contributed by atoms with van der Waals surface area (Å²) in [5.74, 6) is 0. The molecule has 0 aliphatic carbocycles. The van der Waals surface area contributed by atoms with Gasteiger partial charge in [-0.1, -0.05) is 72.8 Å². The fraction of sp³-hybridized carbons (Fsp3) is 0. The second-order valence-electron chi connectivity index (χ2n) is 6.27. The van der Waals surface area contributed by atoms with Crippen molar-refractivity contribution in [2.24, 2.45) is 11.5 Å². The molecule has 0 saturated carbocycles. The number of carbonyl (C=O) groups is 2. The van der Waals surface area contributed by atoms with Crippen LogP contribution in [0, 0.1) is 0 Å². The van der Waals surface area contributed by atoms with Crippen LogP contribution in [0.25, 0.3) is 43.1 Å². The molecular weight excluding hydrogens is 338 g/mol. The summed E-state index contributed by atoms with van der Waals surface area (Å²) < 4.78 is 0.